The SMILES string of the molecule is COc1cc(CC2CCCNC2)cc(Br)c1F. The van der Waals surface area contributed by atoms with Crippen LogP contribution in [0.25, 0.3) is 0 Å². The van der Waals surface area contributed by atoms with Crippen molar-refractivity contribution in [1.29, 1.82) is 0 Å². The fourth-order valence-corrected chi connectivity index (χ4v) is 2.80. The molecule has 0 aliphatic carbocycles. The van der Waals surface area contributed by atoms with Crippen LogP contribution in [0.1, 0.15) is 18.4 Å². The highest BCUT2D eigenvalue weighted by Gasteiger charge is 2.16. The van der Waals surface area contributed by atoms with Crippen molar-refractivity contribution in [2.24, 2.45) is 5.92 Å². The minimum atomic E-state index is -0.321. The van der Waals surface area contributed by atoms with E-state index in [0.717, 1.165) is 25.1 Å². The molecule has 4 heteroatoms. The van der Waals surface area contributed by atoms with Gasteiger partial charge in [0.15, 0.2) is 11.6 Å². The van der Waals surface area contributed by atoms with Crippen LogP contribution in [0.2, 0.25) is 0 Å². The lowest BCUT2D eigenvalue weighted by Crippen LogP contribution is -2.30. The molecule has 1 aromatic rings. The molecule has 94 valence electrons. The number of benzene rings is 1. The van der Waals surface area contributed by atoms with Gasteiger partial charge >= 0.3 is 0 Å². The van der Waals surface area contributed by atoms with Crippen molar-refractivity contribution in [3.8, 4) is 5.75 Å². The molecule has 0 aromatic heterocycles. The van der Waals surface area contributed by atoms with Crippen molar-refractivity contribution in [2.75, 3.05) is 20.2 Å². The molecule has 0 amide bonds. The van der Waals surface area contributed by atoms with Gasteiger partial charge in [-0.15, -0.1) is 0 Å². The third kappa shape index (κ3) is 3.19. The van der Waals surface area contributed by atoms with Gasteiger partial charge in [-0.05, 0) is 71.9 Å². The van der Waals surface area contributed by atoms with Gasteiger partial charge < -0.3 is 10.1 Å². The maximum Gasteiger partial charge on any atom is 0.179 e. The molecule has 1 fully saturated rings. The highest BCUT2D eigenvalue weighted by molar-refractivity contribution is 9.10. The van der Waals surface area contributed by atoms with Crippen LogP contribution < -0.4 is 10.1 Å². The Morgan fingerprint density at radius 2 is 2.35 bits per heavy atom. The van der Waals surface area contributed by atoms with Gasteiger partial charge in [-0.1, -0.05) is 0 Å². The summed E-state index contributed by atoms with van der Waals surface area (Å²) in [5.74, 6) is 0.641. The molecule has 0 spiro atoms. The van der Waals surface area contributed by atoms with Gasteiger partial charge in [0.25, 0.3) is 0 Å². The smallest absolute Gasteiger partial charge is 0.179 e. The number of nitrogens with one attached hydrogen (secondary N) is 1. The molecular formula is C13H17BrFNO. The van der Waals surface area contributed by atoms with Crippen molar-refractivity contribution in [3.05, 3.63) is 28.0 Å². The second kappa shape index (κ2) is 5.83. The van der Waals surface area contributed by atoms with Crippen LogP contribution in [0.15, 0.2) is 16.6 Å². The summed E-state index contributed by atoms with van der Waals surface area (Å²) in [5, 5.41) is 3.39. The Bertz CT molecular complexity index is 391. The molecule has 1 aliphatic heterocycles. The van der Waals surface area contributed by atoms with Crippen molar-refractivity contribution < 1.29 is 9.13 Å². The second-order valence-electron chi connectivity index (χ2n) is 4.51. The largest absolute Gasteiger partial charge is 0.494 e. The number of hydrogen-bond acceptors (Lipinski definition) is 2. The van der Waals surface area contributed by atoms with E-state index in [4.69, 9.17) is 4.74 Å². The molecular weight excluding hydrogens is 285 g/mol. The van der Waals surface area contributed by atoms with Gasteiger partial charge in [0.2, 0.25) is 0 Å². The fourth-order valence-electron chi connectivity index (χ4n) is 2.32. The zero-order chi connectivity index (χ0) is 12.3. The lowest BCUT2D eigenvalue weighted by atomic mass is 9.92. The standard InChI is InChI=1S/C13H17BrFNO/c1-17-12-7-10(6-11(14)13(12)15)5-9-3-2-4-16-8-9/h6-7,9,16H,2-5,8H2,1H3. The average molecular weight is 302 g/mol. The normalized spacial score (nSPS) is 20.3. The van der Waals surface area contributed by atoms with Crippen LogP contribution in [-0.4, -0.2) is 20.2 Å². The van der Waals surface area contributed by atoms with E-state index in [1.165, 1.54) is 20.0 Å². The molecule has 17 heavy (non-hydrogen) atoms. The second-order valence-corrected chi connectivity index (χ2v) is 5.36. The van der Waals surface area contributed by atoms with Crippen molar-refractivity contribution in [1.82, 2.24) is 5.32 Å². The molecule has 1 aromatic carbocycles. The van der Waals surface area contributed by atoms with Crippen LogP contribution >= 0.6 is 15.9 Å². The summed E-state index contributed by atoms with van der Waals surface area (Å²) in [5.41, 5.74) is 1.13. The highest BCUT2D eigenvalue weighted by atomic mass is 79.9. The van der Waals surface area contributed by atoms with Crippen molar-refractivity contribution >= 4 is 15.9 Å². The minimum Gasteiger partial charge on any atom is -0.494 e. The van der Waals surface area contributed by atoms with Crippen LogP contribution in [-0.2, 0) is 6.42 Å². The highest BCUT2D eigenvalue weighted by Crippen LogP contribution is 2.28. The van der Waals surface area contributed by atoms with Gasteiger partial charge in [-0.2, -0.15) is 0 Å². The first-order valence-corrected chi connectivity index (χ1v) is 6.72. The quantitative estimate of drug-likeness (QED) is 0.926. The lowest BCUT2D eigenvalue weighted by molar-refractivity contribution is 0.370. The Morgan fingerprint density at radius 1 is 1.53 bits per heavy atom. The van der Waals surface area contributed by atoms with Gasteiger partial charge in [-0.25, -0.2) is 4.39 Å². The summed E-state index contributed by atoms with van der Waals surface area (Å²) in [6.07, 6.45) is 3.44. The topological polar surface area (TPSA) is 21.3 Å². The van der Waals surface area contributed by atoms with Crippen LogP contribution in [0, 0.1) is 11.7 Å². The Balaban J connectivity index is 2.12. The number of halogens is 2. The van der Waals surface area contributed by atoms with Crippen molar-refractivity contribution in [3.63, 3.8) is 0 Å². The molecule has 1 aliphatic rings. The zero-order valence-electron chi connectivity index (χ0n) is 9.93. The number of ether oxygens (including phenoxy) is 1. The first kappa shape index (κ1) is 12.8. The summed E-state index contributed by atoms with van der Waals surface area (Å²) in [4.78, 5) is 0. The molecule has 1 unspecified atom stereocenters. The predicted octanol–water partition coefficient (Wildman–Crippen LogP) is 3.14. The Kier molecular flexibility index (Phi) is 4.40. The lowest BCUT2D eigenvalue weighted by Gasteiger charge is -2.23. The van der Waals surface area contributed by atoms with Gasteiger partial charge in [0.05, 0.1) is 11.6 Å². The molecule has 2 rings (SSSR count). The van der Waals surface area contributed by atoms with E-state index in [-0.39, 0.29) is 5.82 Å². The van der Waals surface area contributed by atoms with Crippen LogP contribution in [0.4, 0.5) is 4.39 Å². The molecule has 1 saturated heterocycles. The maximum atomic E-state index is 13.6. The van der Waals surface area contributed by atoms with Gasteiger partial charge in [0, 0.05) is 0 Å². The van der Waals surface area contributed by atoms with E-state index in [0.29, 0.717) is 16.1 Å². The van der Waals surface area contributed by atoms with Crippen molar-refractivity contribution in [2.45, 2.75) is 19.3 Å². The van der Waals surface area contributed by atoms with Gasteiger partial charge in [0.1, 0.15) is 0 Å². The predicted molar refractivity (Wildman–Crippen MR) is 69.9 cm³/mol. The first-order valence-electron chi connectivity index (χ1n) is 5.93. The zero-order valence-corrected chi connectivity index (χ0v) is 11.5. The molecule has 0 bridgehead atoms. The molecule has 1 heterocycles. The van der Waals surface area contributed by atoms with E-state index >= 15 is 0 Å². The molecule has 1 atom stereocenters. The Labute approximate surface area is 110 Å². The summed E-state index contributed by atoms with van der Waals surface area (Å²) >= 11 is 3.23. The van der Waals surface area contributed by atoms with Gasteiger partial charge in [-0.3, -0.25) is 0 Å². The summed E-state index contributed by atoms with van der Waals surface area (Å²) in [6, 6.07) is 3.65. The number of methoxy groups -OCH3 is 1. The third-order valence-corrected chi connectivity index (χ3v) is 3.77. The Hall–Kier alpha value is -0.610. The molecule has 0 saturated carbocycles. The maximum absolute atomic E-state index is 13.6. The van der Waals surface area contributed by atoms with E-state index in [1.54, 1.807) is 6.07 Å². The van der Waals surface area contributed by atoms with Crippen LogP contribution in [0.3, 0.4) is 0 Å². The molecule has 1 N–H and O–H groups in total. The number of hydrogen-bond donors (Lipinski definition) is 1. The van der Waals surface area contributed by atoms with E-state index in [2.05, 4.69) is 21.2 Å². The summed E-state index contributed by atoms with van der Waals surface area (Å²) < 4.78 is 19.1. The first-order chi connectivity index (χ1) is 8.20. The Morgan fingerprint density at radius 3 is 3.00 bits per heavy atom. The number of piperidine rings is 1. The monoisotopic (exact) mass is 301 g/mol. The summed E-state index contributed by atoms with van der Waals surface area (Å²) in [6.45, 7) is 2.17. The minimum absolute atomic E-state index is 0.318. The molecule has 0 radical (unpaired) electrons. The molecule has 2 nitrogen and oxygen atoms in total. The average Bonchev–Trinajstić information content (AvgIpc) is 2.35. The fraction of sp³-hybridized carbons (Fsp3) is 0.538. The van der Waals surface area contributed by atoms with E-state index < -0.39 is 0 Å². The van der Waals surface area contributed by atoms with E-state index in [9.17, 15) is 4.39 Å². The number of rotatable bonds is 3. The summed E-state index contributed by atoms with van der Waals surface area (Å²) in [7, 11) is 1.50. The van der Waals surface area contributed by atoms with E-state index in [1.807, 2.05) is 6.07 Å². The third-order valence-electron chi connectivity index (χ3n) is 3.20. The van der Waals surface area contributed by atoms with Crippen LogP contribution in [0.5, 0.6) is 5.75 Å².